The van der Waals surface area contributed by atoms with E-state index >= 15 is 0 Å². The van der Waals surface area contributed by atoms with Crippen LogP contribution in [0.25, 0.3) is 11.4 Å². The average molecular weight is 779 g/mol. The highest BCUT2D eigenvalue weighted by Crippen LogP contribution is 2.45. The third-order valence-corrected chi connectivity index (χ3v) is 9.86. The van der Waals surface area contributed by atoms with Crippen molar-refractivity contribution in [2.45, 2.75) is 27.7 Å². The number of rotatable bonds is 8. The van der Waals surface area contributed by atoms with Crippen molar-refractivity contribution >= 4 is 23.0 Å². The largest absolute Gasteiger partial charge is 0.486 e. The zero-order chi connectivity index (χ0) is 37.2. The number of aromatic nitrogens is 4. The molecule has 2 aliphatic heterocycles. The van der Waals surface area contributed by atoms with Crippen LogP contribution < -0.4 is 25.7 Å². The van der Waals surface area contributed by atoms with E-state index in [1.807, 2.05) is 23.9 Å². The summed E-state index contributed by atoms with van der Waals surface area (Å²) in [4.78, 5) is 34.0. The summed E-state index contributed by atoms with van der Waals surface area (Å²) in [6.45, 7) is 6.45. The van der Waals surface area contributed by atoms with Gasteiger partial charge in [0.25, 0.3) is 5.56 Å². The number of piperazine rings is 2. The molecule has 294 valence electrons. The summed E-state index contributed by atoms with van der Waals surface area (Å²) in [5, 5.41) is 17.7. The van der Waals surface area contributed by atoms with Crippen LogP contribution in [0.5, 0.6) is 5.75 Å². The maximum Gasteiger partial charge on any atom is 0.316 e. The molecular formula is C37H47ClF4N8O4. The fraction of sp³-hybridized carbons (Fsp3) is 0.459. The van der Waals surface area contributed by atoms with E-state index in [0.717, 1.165) is 97.9 Å². The number of aliphatic hydroxyl groups excluding tert-OH is 1. The van der Waals surface area contributed by atoms with E-state index in [1.165, 1.54) is 12.4 Å². The van der Waals surface area contributed by atoms with Crippen LogP contribution in [0.2, 0.25) is 5.02 Å². The monoisotopic (exact) mass is 778 g/mol. The molecule has 0 amide bonds. The van der Waals surface area contributed by atoms with Gasteiger partial charge >= 0.3 is 5.56 Å². The smallest absolute Gasteiger partial charge is 0.316 e. The lowest BCUT2D eigenvalue weighted by molar-refractivity contribution is 0.145. The van der Waals surface area contributed by atoms with Crippen molar-refractivity contribution < 1.29 is 27.4 Å². The van der Waals surface area contributed by atoms with Gasteiger partial charge in [-0.3, -0.25) is 9.59 Å². The maximum atomic E-state index is 13.7. The van der Waals surface area contributed by atoms with Gasteiger partial charge < -0.3 is 29.4 Å². The van der Waals surface area contributed by atoms with Gasteiger partial charge in [0.1, 0.15) is 34.0 Å². The van der Waals surface area contributed by atoms with Crippen LogP contribution in [0.1, 0.15) is 27.7 Å². The van der Waals surface area contributed by atoms with Gasteiger partial charge in [0.2, 0.25) is 5.75 Å². The SMILES string of the molecule is C.C.CN1CCN(c2cnn(-c3cc(F)cc(F)c3)c(=O)c2Cl)CC1.CN1CCN(c2cnn(-c3cc(F)cc(F)c3)c(=O)c2OCC2(CO)CC2)CC1. The molecule has 0 radical (unpaired) electrons. The van der Waals surface area contributed by atoms with Crippen molar-refractivity contribution in [3.05, 3.63) is 97.8 Å². The third kappa shape index (κ3) is 9.58. The Morgan fingerprint density at radius 3 is 1.52 bits per heavy atom. The molecule has 2 aromatic heterocycles. The molecule has 17 heteroatoms. The Labute approximate surface area is 316 Å². The molecule has 1 saturated carbocycles. The lowest BCUT2D eigenvalue weighted by atomic mass is 10.1. The fourth-order valence-corrected chi connectivity index (χ4v) is 6.22. The van der Waals surface area contributed by atoms with E-state index in [0.29, 0.717) is 24.5 Å². The first-order valence-electron chi connectivity index (χ1n) is 16.8. The standard InChI is InChI=1S/C20H24F2N4O3.C15H15ClF2N4O.2CH4/c1-24-4-6-25(7-5-24)17-11-23-26(16-9-14(21)8-15(22)10-16)19(28)18(17)29-13-20(12-27)2-3-20;1-20-2-4-21(5-3-20)13-9-19-22(15(23)14(13)16)12-7-10(17)6-11(18)8-12;;/h8-11,27H,2-7,12-13H2,1H3;6-9H,2-5H2,1H3;2*1H4. The number of hydrogen-bond donors (Lipinski definition) is 1. The van der Waals surface area contributed by atoms with Crippen molar-refractivity contribution in [1.82, 2.24) is 29.4 Å². The molecule has 4 aromatic rings. The summed E-state index contributed by atoms with van der Waals surface area (Å²) in [6.07, 6.45) is 4.63. The van der Waals surface area contributed by atoms with Gasteiger partial charge in [-0.05, 0) is 51.2 Å². The summed E-state index contributed by atoms with van der Waals surface area (Å²) in [7, 11) is 4.05. The van der Waals surface area contributed by atoms with Crippen LogP contribution in [-0.4, -0.2) is 114 Å². The first-order chi connectivity index (χ1) is 24.9. The molecule has 4 heterocycles. The highest BCUT2D eigenvalue weighted by atomic mass is 35.5. The van der Waals surface area contributed by atoms with Crippen molar-refractivity contribution in [3.8, 4) is 17.1 Å². The zero-order valence-corrected chi connectivity index (χ0v) is 29.5. The summed E-state index contributed by atoms with van der Waals surface area (Å²) >= 11 is 6.18. The molecule has 7 rings (SSSR count). The van der Waals surface area contributed by atoms with Gasteiger partial charge in [-0.1, -0.05) is 26.5 Å². The van der Waals surface area contributed by atoms with Gasteiger partial charge in [0.05, 0.1) is 42.7 Å². The molecule has 12 nitrogen and oxygen atoms in total. The molecule has 2 aromatic carbocycles. The molecule has 3 fully saturated rings. The average Bonchev–Trinajstić information content (AvgIpc) is 3.89. The van der Waals surface area contributed by atoms with Crippen molar-refractivity contribution in [1.29, 1.82) is 0 Å². The molecule has 0 atom stereocenters. The molecular weight excluding hydrogens is 732 g/mol. The number of anilines is 2. The van der Waals surface area contributed by atoms with Crippen LogP contribution in [-0.2, 0) is 0 Å². The number of likely N-dealkylation sites (N-methyl/N-ethyl adjacent to an activating group) is 2. The number of benzene rings is 2. The molecule has 1 N–H and O–H groups in total. The van der Waals surface area contributed by atoms with Crippen LogP contribution >= 0.6 is 11.6 Å². The zero-order valence-electron chi connectivity index (χ0n) is 28.7. The summed E-state index contributed by atoms with van der Waals surface area (Å²) in [5.41, 5.74) is -0.411. The second kappa shape index (κ2) is 17.8. The predicted molar refractivity (Wildman–Crippen MR) is 202 cm³/mol. The highest BCUT2D eigenvalue weighted by molar-refractivity contribution is 6.33. The minimum Gasteiger partial charge on any atom is -0.486 e. The molecule has 0 spiro atoms. The van der Waals surface area contributed by atoms with Gasteiger partial charge in [0.15, 0.2) is 0 Å². The first kappa shape index (κ1) is 42.2. The molecule has 2 saturated heterocycles. The fourth-order valence-electron chi connectivity index (χ4n) is 5.97. The topological polar surface area (TPSA) is 112 Å². The lowest BCUT2D eigenvalue weighted by Crippen LogP contribution is -2.45. The number of nitrogens with zero attached hydrogens (tertiary/aromatic N) is 8. The second-order valence-electron chi connectivity index (χ2n) is 13.4. The van der Waals surface area contributed by atoms with Crippen LogP contribution in [0.3, 0.4) is 0 Å². The third-order valence-electron chi connectivity index (χ3n) is 9.50. The van der Waals surface area contributed by atoms with Gasteiger partial charge in [-0.2, -0.15) is 19.6 Å². The Kier molecular flexibility index (Phi) is 13.9. The van der Waals surface area contributed by atoms with Crippen LogP contribution in [0.15, 0.2) is 58.4 Å². The van der Waals surface area contributed by atoms with Crippen molar-refractivity contribution in [3.63, 3.8) is 0 Å². The maximum absolute atomic E-state index is 13.7. The van der Waals surface area contributed by atoms with Gasteiger partial charge in [0, 0.05) is 69.9 Å². The molecule has 0 bridgehead atoms. The predicted octanol–water partition coefficient (Wildman–Crippen LogP) is 4.60. The number of ether oxygens (including phenoxy) is 1. The molecule has 54 heavy (non-hydrogen) atoms. The van der Waals surface area contributed by atoms with Crippen molar-refractivity contribution in [2.75, 3.05) is 89.5 Å². The van der Waals surface area contributed by atoms with Crippen LogP contribution in [0.4, 0.5) is 28.9 Å². The summed E-state index contributed by atoms with van der Waals surface area (Å²) in [5.74, 6) is -3.07. The Hall–Kier alpha value is -4.51. The minimum atomic E-state index is -0.795. The quantitative estimate of drug-likeness (QED) is 0.255. The van der Waals surface area contributed by atoms with Crippen LogP contribution in [0, 0.1) is 28.7 Å². The Morgan fingerprint density at radius 1 is 0.685 bits per heavy atom. The highest BCUT2D eigenvalue weighted by Gasteiger charge is 2.43. The first-order valence-corrected chi connectivity index (χ1v) is 17.2. The van der Waals surface area contributed by atoms with Gasteiger partial charge in [-0.15, -0.1) is 0 Å². The summed E-state index contributed by atoms with van der Waals surface area (Å²) < 4.78 is 61.7. The Balaban J connectivity index is 0.000000238. The molecule has 0 unspecified atom stereocenters. The lowest BCUT2D eigenvalue weighted by Gasteiger charge is -2.34. The number of hydrogen-bond acceptors (Lipinski definition) is 10. The molecule has 3 aliphatic rings. The van der Waals surface area contributed by atoms with E-state index in [4.69, 9.17) is 16.3 Å². The van der Waals surface area contributed by atoms with Gasteiger partial charge in [-0.25, -0.2) is 17.6 Å². The normalized spacial score (nSPS) is 16.8. The van der Waals surface area contributed by atoms with E-state index in [1.54, 1.807) is 0 Å². The summed E-state index contributed by atoms with van der Waals surface area (Å²) in [6, 6.07) is 5.63. The Morgan fingerprint density at radius 2 is 1.09 bits per heavy atom. The van der Waals surface area contributed by atoms with Crippen molar-refractivity contribution in [2.24, 2.45) is 5.41 Å². The van der Waals surface area contributed by atoms with E-state index in [2.05, 4.69) is 20.0 Å². The van der Waals surface area contributed by atoms with E-state index in [-0.39, 0.29) is 55.6 Å². The molecule has 1 aliphatic carbocycles. The number of halogens is 5. The Bertz CT molecular complexity index is 1990. The minimum absolute atomic E-state index is 0. The van der Waals surface area contributed by atoms with E-state index in [9.17, 15) is 32.3 Å². The van der Waals surface area contributed by atoms with E-state index < -0.39 is 34.4 Å². The number of aliphatic hydroxyl groups is 1. The second-order valence-corrected chi connectivity index (χ2v) is 13.8.